The molecule has 0 saturated heterocycles. The van der Waals surface area contributed by atoms with Gasteiger partial charge in [-0.15, -0.1) is 0 Å². The Morgan fingerprint density at radius 3 is 2.78 bits per heavy atom. The molecule has 0 spiro atoms. The summed E-state index contributed by atoms with van der Waals surface area (Å²) >= 11 is 0. The van der Waals surface area contributed by atoms with Gasteiger partial charge in [0.05, 0.1) is 13.2 Å². The number of ether oxygens (including phenoxy) is 1. The van der Waals surface area contributed by atoms with Crippen molar-refractivity contribution in [3.8, 4) is 5.75 Å². The first kappa shape index (κ1) is 14.4. The number of carbonyl (C=O) groups excluding carboxylic acids is 1. The average Bonchev–Trinajstić information content (AvgIpc) is 3.00. The Bertz CT molecular complexity index is 718. The van der Waals surface area contributed by atoms with E-state index in [2.05, 4.69) is 33.9 Å². The molecule has 1 aliphatic carbocycles. The summed E-state index contributed by atoms with van der Waals surface area (Å²) in [4.78, 5) is 15.0. The highest BCUT2D eigenvalue weighted by atomic mass is 16.5. The van der Waals surface area contributed by atoms with Crippen molar-refractivity contribution >= 4 is 5.91 Å². The van der Waals surface area contributed by atoms with Crippen LogP contribution < -0.4 is 4.74 Å². The highest BCUT2D eigenvalue weighted by Gasteiger charge is 2.37. The fourth-order valence-electron chi connectivity index (χ4n) is 3.67. The number of aromatic nitrogens is 1. The molecule has 2 heterocycles. The van der Waals surface area contributed by atoms with Gasteiger partial charge in [-0.05, 0) is 42.7 Å². The minimum Gasteiger partial charge on any atom is -0.497 e. The second kappa shape index (κ2) is 5.76. The van der Waals surface area contributed by atoms with Crippen molar-refractivity contribution in [1.29, 1.82) is 0 Å². The van der Waals surface area contributed by atoms with Crippen LogP contribution in [0.25, 0.3) is 0 Å². The van der Waals surface area contributed by atoms with Gasteiger partial charge in [0.2, 0.25) is 5.91 Å². The molecule has 4 rings (SSSR count). The summed E-state index contributed by atoms with van der Waals surface area (Å²) in [5.41, 5.74) is 2.31. The smallest absolute Gasteiger partial charge is 0.226 e. The van der Waals surface area contributed by atoms with Crippen molar-refractivity contribution in [2.24, 2.45) is 5.92 Å². The molecule has 1 amide bonds. The van der Waals surface area contributed by atoms with Crippen LogP contribution in [0.4, 0.5) is 0 Å². The lowest BCUT2D eigenvalue weighted by atomic mass is 9.83. The molecule has 0 radical (unpaired) electrons. The zero-order chi connectivity index (χ0) is 15.8. The zero-order valence-electron chi connectivity index (χ0n) is 13.4. The van der Waals surface area contributed by atoms with E-state index in [1.807, 2.05) is 18.2 Å². The van der Waals surface area contributed by atoms with Gasteiger partial charge >= 0.3 is 0 Å². The third kappa shape index (κ3) is 2.42. The molecule has 120 valence electrons. The summed E-state index contributed by atoms with van der Waals surface area (Å²) in [6.07, 6.45) is 5.38. The number of rotatable bonds is 3. The monoisotopic (exact) mass is 310 g/mol. The Hall–Kier alpha value is -2.23. The number of methoxy groups -OCH3 is 1. The molecule has 1 unspecified atom stereocenters. The number of hydrogen-bond acceptors (Lipinski definition) is 2. The lowest BCUT2D eigenvalue weighted by Crippen LogP contribution is -2.46. The average molecular weight is 310 g/mol. The summed E-state index contributed by atoms with van der Waals surface area (Å²) in [6, 6.07) is 12.3. The van der Waals surface area contributed by atoms with Gasteiger partial charge in [0.25, 0.3) is 0 Å². The molecule has 4 heteroatoms. The van der Waals surface area contributed by atoms with E-state index < -0.39 is 0 Å². The van der Waals surface area contributed by atoms with Gasteiger partial charge in [-0.25, -0.2) is 0 Å². The molecule has 1 fully saturated rings. The van der Waals surface area contributed by atoms with E-state index in [1.54, 1.807) is 7.11 Å². The third-order valence-electron chi connectivity index (χ3n) is 5.19. The van der Waals surface area contributed by atoms with E-state index in [0.29, 0.717) is 5.91 Å². The molecular weight excluding hydrogens is 288 g/mol. The van der Waals surface area contributed by atoms with Crippen LogP contribution in [0.3, 0.4) is 0 Å². The molecule has 1 aliphatic heterocycles. The van der Waals surface area contributed by atoms with Crippen molar-refractivity contribution in [2.45, 2.75) is 31.8 Å². The first-order chi connectivity index (χ1) is 11.3. The molecule has 0 bridgehead atoms. The molecule has 1 aromatic heterocycles. The topological polar surface area (TPSA) is 34.5 Å². The maximum atomic E-state index is 12.9. The van der Waals surface area contributed by atoms with E-state index in [9.17, 15) is 4.79 Å². The molecular formula is C19H22N2O2. The highest BCUT2D eigenvalue weighted by molar-refractivity contribution is 5.80. The quantitative estimate of drug-likeness (QED) is 0.872. The van der Waals surface area contributed by atoms with E-state index in [4.69, 9.17) is 4.74 Å². The van der Waals surface area contributed by atoms with E-state index >= 15 is 0 Å². The van der Waals surface area contributed by atoms with Crippen molar-refractivity contribution < 1.29 is 9.53 Å². The van der Waals surface area contributed by atoms with Crippen LogP contribution in [0.1, 0.15) is 36.6 Å². The van der Waals surface area contributed by atoms with Crippen LogP contribution in [0, 0.1) is 5.92 Å². The van der Waals surface area contributed by atoms with Crippen molar-refractivity contribution in [2.75, 3.05) is 13.7 Å². The minimum absolute atomic E-state index is 0.0121. The first-order valence-electron chi connectivity index (χ1n) is 8.37. The van der Waals surface area contributed by atoms with Gasteiger partial charge in [-0.2, -0.15) is 0 Å². The lowest BCUT2D eigenvalue weighted by molar-refractivity contribution is -0.141. The largest absolute Gasteiger partial charge is 0.497 e. The van der Waals surface area contributed by atoms with E-state index in [-0.39, 0.29) is 12.0 Å². The van der Waals surface area contributed by atoms with Crippen LogP contribution in [-0.4, -0.2) is 29.0 Å². The van der Waals surface area contributed by atoms with Crippen molar-refractivity contribution in [1.82, 2.24) is 9.47 Å². The van der Waals surface area contributed by atoms with Gasteiger partial charge < -0.3 is 14.2 Å². The maximum absolute atomic E-state index is 12.9. The van der Waals surface area contributed by atoms with Gasteiger partial charge in [0.1, 0.15) is 5.75 Å². The summed E-state index contributed by atoms with van der Waals surface area (Å²) in [5.74, 6) is 1.38. The Balaban J connectivity index is 1.75. The Morgan fingerprint density at radius 1 is 1.17 bits per heavy atom. The Morgan fingerprint density at radius 2 is 2.04 bits per heavy atom. The van der Waals surface area contributed by atoms with Crippen LogP contribution in [-0.2, 0) is 11.3 Å². The number of carbonyl (C=O) groups is 1. The van der Waals surface area contributed by atoms with Crippen LogP contribution >= 0.6 is 0 Å². The summed E-state index contributed by atoms with van der Waals surface area (Å²) in [7, 11) is 1.68. The van der Waals surface area contributed by atoms with Gasteiger partial charge in [-0.3, -0.25) is 4.79 Å². The molecule has 1 atom stereocenters. The predicted molar refractivity (Wildman–Crippen MR) is 88.3 cm³/mol. The fraction of sp³-hybridized carbons (Fsp3) is 0.421. The second-order valence-electron chi connectivity index (χ2n) is 6.47. The second-order valence-corrected chi connectivity index (χ2v) is 6.47. The maximum Gasteiger partial charge on any atom is 0.226 e. The molecule has 23 heavy (non-hydrogen) atoms. The standard InChI is InChI=1S/C19H22N2O2/c1-23-16-8-3-7-15(13-16)18-17-9-4-10-20(17)11-12-21(18)19(22)14-5-2-6-14/h3-4,7-10,13-14,18H,2,5-6,11-12H2,1H3. The first-order valence-corrected chi connectivity index (χ1v) is 8.37. The SMILES string of the molecule is COc1cccc(C2c3cccn3CCN2C(=O)C2CCC2)c1. The highest BCUT2D eigenvalue weighted by Crippen LogP contribution is 2.37. The summed E-state index contributed by atoms with van der Waals surface area (Å²) < 4.78 is 7.64. The molecule has 4 nitrogen and oxygen atoms in total. The third-order valence-corrected chi connectivity index (χ3v) is 5.19. The van der Waals surface area contributed by atoms with Crippen molar-refractivity contribution in [3.63, 3.8) is 0 Å². The van der Waals surface area contributed by atoms with E-state index in [0.717, 1.165) is 37.2 Å². The molecule has 2 aliphatic rings. The number of benzene rings is 1. The normalized spacial score (nSPS) is 20.7. The van der Waals surface area contributed by atoms with Crippen molar-refractivity contribution in [3.05, 3.63) is 53.9 Å². The number of fused-ring (bicyclic) bond motifs is 1. The van der Waals surface area contributed by atoms with Gasteiger partial charge in [0.15, 0.2) is 0 Å². The molecule has 2 aromatic rings. The van der Waals surface area contributed by atoms with Crippen LogP contribution in [0.15, 0.2) is 42.6 Å². The molecule has 0 N–H and O–H groups in total. The van der Waals surface area contributed by atoms with Gasteiger partial charge in [0, 0.05) is 30.9 Å². The number of hydrogen-bond donors (Lipinski definition) is 0. The molecule has 1 saturated carbocycles. The van der Waals surface area contributed by atoms with Crippen LogP contribution in [0.2, 0.25) is 0 Å². The summed E-state index contributed by atoms with van der Waals surface area (Å²) in [6.45, 7) is 1.65. The number of amides is 1. The Kier molecular flexibility index (Phi) is 3.60. The zero-order valence-corrected chi connectivity index (χ0v) is 13.4. The number of nitrogens with zero attached hydrogens (tertiary/aromatic N) is 2. The lowest BCUT2D eigenvalue weighted by Gasteiger charge is -2.41. The minimum atomic E-state index is -0.0121. The van der Waals surface area contributed by atoms with E-state index in [1.165, 1.54) is 12.1 Å². The summed E-state index contributed by atoms with van der Waals surface area (Å²) in [5, 5.41) is 0. The fourth-order valence-corrected chi connectivity index (χ4v) is 3.67. The van der Waals surface area contributed by atoms with Crippen LogP contribution in [0.5, 0.6) is 5.75 Å². The predicted octanol–water partition coefficient (Wildman–Crippen LogP) is 3.23. The molecule has 1 aromatic carbocycles. The Labute approximate surface area is 136 Å². The van der Waals surface area contributed by atoms with Gasteiger partial charge in [-0.1, -0.05) is 18.6 Å².